The first-order valence-electron chi connectivity index (χ1n) is 8.78. The lowest BCUT2D eigenvalue weighted by Crippen LogP contribution is -2.48. The van der Waals surface area contributed by atoms with Crippen LogP contribution in [-0.2, 0) is 16.1 Å². The van der Waals surface area contributed by atoms with E-state index in [9.17, 15) is 14.4 Å². The second-order valence-corrected chi connectivity index (χ2v) is 7.76. The van der Waals surface area contributed by atoms with Crippen molar-refractivity contribution in [2.45, 2.75) is 59.2 Å². The molecule has 0 aliphatic heterocycles. The minimum atomic E-state index is -1.08. The van der Waals surface area contributed by atoms with Gasteiger partial charge in [0.2, 0.25) is 5.91 Å². The number of carbonyl (C=O) groups excluding carboxylic acids is 2. The molecule has 0 bridgehead atoms. The molecule has 0 saturated heterocycles. The summed E-state index contributed by atoms with van der Waals surface area (Å²) in [5.74, 6) is -1.31. The van der Waals surface area contributed by atoms with Crippen LogP contribution in [0, 0.1) is 5.92 Å². The van der Waals surface area contributed by atoms with Crippen LogP contribution < -0.4 is 16.4 Å². The van der Waals surface area contributed by atoms with Gasteiger partial charge in [0.25, 0.3) is 0 Å². The largest absolute Gasteiger partial charge is 0.478 e. The zero-order valence-corrected chi connectivity index (χ0v) is 16.5. The predicted octanol–water partition coefficient (Wildman–Crippen LogP) is 2.52. The van der Waals surface area contributed by atoms with E-state index in [1.807, 2.05) is 13.8 Å². The van der Waals surface area contributed by atoms with Gasteiger partial charge in [-0.1, -0.05) is 13.8 Å². The smallest absolute Gasteiger partial charge is 0.408 e. The Bertz CT molecular complexity index is 695. The van der Waals surface area contributed by atoms with Crippen LogP contribution in [0.3, 0.4) is 0 Å². The monoisotopic (exact) mass is 379 g/mol. The molecular weight excluding hydrogens is 350 g/mol. The molecule has 0 spiro atoms. The van der Waals surface area contributed by atoms with E-state index in [4.69, 9.17) is 15.6 Å². The van der Waals surface area contributed by atoms with Crippen LogP contribution in [0.1, 0.15) is 57.0 Å². The first kappa shape index (κ1) is 22.3. The fourth-order valence-corrected chi connectivity index (χ4v) is 2.35. The van der Waals surface area contributed by atoms with Crippen LogP contribution in [0.2, 0.25) is 0 Å². The molecule has 150 valence electrons. The number of benzene rings is 1. The first-order chi connectivity index (χ1) is 12.4. The van der Waals surface area contributed by atoms with Crippen LogP contribution in [-0.4, -0.2) is 34.7 Å². The standard InChI is InChI=1S/C19H29N3O5/c1-11(2)8-15(22-18(26)27-19(3,4)5)16(23)21-10-13-9-12(17(24)25)6-7-14(13)20/h6-7,9,11,15H,8,10,20H2,1-5H3,(H,21,23)(H,22,26)(H,24,25). The number of carboxylic acids is 1. The van der Waals surface area contributed by atoms with E-state index in [0.29, 0.717) is 17.7 Å². The molecule has 1 aromatic rings. The van der Waals surface area contributed by atoms with E-state index in [-0.39, 0.29) is 18.0 Å². The maximum atomic E-state index is 12.5. The summed E-state index contributed by atoms with van der Waals surface area (Å²) < 4.78 is 5.21. The Hall–Kier alpha value is -2.77. The Kier molecular flexibility index (Phi) is 7.63. The second-order valence-electron chi connectivity index (χ2n) is 7.76. The molecule has 8 nitrogen and oxygen atoms in total. The van der Waals surface area contributed by atoms with Crippen molar-refractivity contribution in [3.05, 3.63) is 29.3 Å². The van der Waals surface area contributed by atoms with Crippen molar-refractivity contribution in [1.82, 2.24) is 10.6 Å². The van der Waals surface area contributed by atoms with Crippen molar-refractivity contribution in [2.24, 2.45) is 5.92 Å². The van der Waals surface area contributed by atoms with Gasteiger partial charge in [0, 0.05) is 12.2 Å². The molecule has 0 aliphatic carbocycles. The predicted molar refractivity (Wildman–Crippen MR) is 102 cm³/mol. The molecule has 1 unspecified atom stereocenters. The van der Waals surface area contributed by atoms with Crippen molar-refractivity contribution in [3.8, 4) is 0 Å². The van der Waals surface area contributed by atoms with E-state index in [2.05, 4.69) is 10.6 Å². The van der Waals surface area contributed by atoms with E-state index in [1.54, 1.807) is 20.8 Å². The van der Waals surface area contributed by atoms with Gasteiger partial charge in [-0.3, -0.25) is 4.79 Å². The third-order valence-electron chi connectivity index (χ3n) is 3.56. The number of carbonyl (C=O) groups is 3. The van der Waals surface area contributed by atoms with Crippen LogP contribution in [0.5, 0.6) is 0 Å². The summed E-state index contributed by atoms with van der Waals surface area (Å²) in [4.78, 5) is 35.6. The van der Waals surface area contributed by atoms with Gasteiger partial charge in [0.05, 0.1) is 5.56 Å². The molecule has 1 aromatic carbocycles. The van der Waals surface area contributed by atoms with Gasteiger partial charge < -0.3 is 26.2 Å². The van der Waals surface area contributed by atoms with Gasteiger partial charge in [0.1, 0.15) is 11.6 Å². The quantitative estimate of drug-likeness (QED) is 0.539. The minimum absolute atomic E-state index is 0.0520. The molecule has 5 N–H and O–H groups in total. The SMILES string of the molecule is CC(C)CC(NC(=O)OC(C)(C)C)C(=O)NCc1cc(C(=O)O)ccc1N. The number of amides is 2. The molecule has 8 heteroatoms. The molecule has 1 rings (SSSR count). The zero-order valence-electron chi connectivity index (χ0n) is 16.5. The van der Waals surface area contributed by atoms with Crippen LogP contribution in [0.25, 0.3) is 0 Å². The Morgan fingerprint density at radius 1 is 1.22 bits per heavy atom. The highest BCUT2D eigenvalue weighted by Crippen LogP contribution is 2.15. The number of nitrogens with one attached hydrogen (secondary N) is 2. The number of hydrogen-bond acceptors (Lipinski definition) is 5. The lowest BCUT2D eigenvalue weighted by atomic mass is 10.0. The lowest BCUT2D eigenvalue weighted by molar-refractivity contribution is -0.123. The van der Waals surface area contributed by atoms with E-state index in [1.165, 1.54) is 18.2 Å². The Labute approximate surface area is 159 Å². The Morgan fingerprint density at radius 3 is 2.37 bits per heavy atom. The number of hydrogen-bond donors (Lipinski definition) is 4. The Morgan fingerprint density at radius 2 is 1.85 bits per heavy atom. The van der Waals surface area contributed by atoms with Gasteiger partial charge in [-0.15, -0.1) is 0 Å². The van der Waals surface area contributed by atoms with Gasteiger partial charge >= 0.3 is 12.1 Å². The number of carboxylic acid groups (broad SMARTS) is 1. The van der Waals surface area contributed by atoms with E-state index >= 15 is 0 Å². The van der Waals surface area contributed by atoms with Crippen LogP contribution in [0.15, 0.2) is 18.2 Å². The molecule has 2 amide bonds. The van der Waals surface area contributed by atoms with Gasteiger partial charge in [-0.25, -0.2) is 9.59 Å². The fraction of sp³-hybridized carbons (Fsp3) is 0.526. The fourth-order valence-electron chi connectivity index (χ4n) is 2.35. The number of nitrogens with two attached hydrogens (primary N) is 1. The number of alkyl carbamates (subject to hydrolysis) is 1. The topological polar surface area (TPSA) is 131 Å². The molecule has 1 atom stereocenters. The third-order valence-corrected chi connectivity index (χ3v) is 3.56. The van der Waals surface area contributed by atoms with Crippen molar-refractivity contribution in [1.29, 1.82) is 0 Å². The number of rotatable bonds is 7. The van der Waals surface area contributed by atoms with Gasteiger partial charge in [-0.05, 0) is 56.9 Å². The van der Waals surface area contributed by atoms with E-state index in [0.717, 1.165) is 0 Å². The average Bonchev–Trinajstić information content (AvgIpc) is 2.50. The molecular formula is C19H29N3O5. The Balaban J connectivity index is 2.81. The number of aromatic carboxylic acids is 1. The average molecular weight is 379 g/mol. The highest BCUT2D eigenvalue weighted by Gasteiger charge is 2.25. The molecule has 0 saturated carbocycles. The zero-order chi connectivity index (χ0) is 20.8. The summed E-state index contributed by atoms with van der Waals surface area (Å²) in [6.07, 6.45) is -0.244. The summed E-state index contributed by atoms with van der Waals surface area (Å²) in [7, 11) is 0. The van der Waals surface area contributed by atoms with Crippen molar-refractivity contribution >= 4 is 23.7 Å². The highest BCUT2D eigenvalue weighted by atomic mass is 16.6. The second kappa shape index (κ2) is 9.25. The van der Waals surface area contributed by atoms with E-state index < -0.39 is 29.6 Å². The maximum Gasteiger partial charge on any atom is 0.408 e. The summed E-state index contributed by atoms with van der Waals surface area (Å²) >= 11 is 0. The van der Waals surface area contributed by atoms with Gasteiger partial charge in [0.15, 0.2) is 0 Å². The number of anilines is 1. The maximum absolute atomic E-state index is 12.5. The van der Waals surface area contributed by atoms with Crippen molar-refractivity contribution in [2.75, 3.05) is 5.73 Å². The molecule has 0 fully saturated rings. The molecule has 0 heterocycles. The number of ether oxygens (including phenoxy) is 1. The van der Waals surface area contributed by atoms with Crippen molar-refractivity contribution in [3.63, 3.8) is 0 Å². The molecule has 0 aliphatic rings. The van der Waals surface area contributed by atoms with Crippen LogP contribution in [0.4, 0.5) is 10.5 Å². The summed E-state index contributed by atoms with van der Waals surface area (Å²) in [6.45, 7) is 9.14. The normalized spacial score (nSPS) is 12.4. The van der Waals surface area contributed by atoms with Crippen molar-refractivity contribution < 1.29 is 24.2 Å². The van der Waals surface area contributed by atoms with Crippen LogP contribution >= 0.6 is 0 Å². The first-order valence-corrected chi connectivity index (χ1v) is 8.78. The summed E-state index contributed by atoms with van der Waals surface area (Å²) in [5, 5.41) is 14.4. The lowest BCUT2D eigenvalue weighted by Gasteiger charge is -2.24. The summed E-state index contributed by atoms with van der Waals surface area (Å²) in [5.41, 5.74) is 6.12. The summed E-state index contributed by atoms with van der Waals surface area (Å²) in [6, 6.07) is 3.52. The molecule has 0 radical (unpaired) electrons. The highest BCUT2D eigenvalue weighted by molar-refractivity contribution is 5.89. The molecule has 27 heavy (non-hydrogen) atoms. The number of nitrogen functional groups attached to an aromatic ring is 1. The molecule has 0 aromatic heterocycles. The minimum Gasteiger partial charge on any atom is -0.478 e. The van der Waals surface area contributed by atoms with Gasteiger partial charge in [-0.2, -0.15) is 0 Å². The third kappa shape index (κ3) is 7.98.